The normalized spacial score (nSPS) is 15.1. The van der Waals surface area contributed by atoms with Crippen LogP contribution in [0.3, 0.4) is 0 Å². The summed E-state index contributed by atoms with van der Waals surface area (Å²) in [6.45, 7) is 6.90. The lowest BCUT2D eigenvalue weighted by atomic mass is 9.89. The van der Waals surface area contributed by atoms with Gasteiger partial charge in [-0.15, -0.1) is 0 Å². The van der Waals surface area contributed by atoms with Gasteiger partial charge in [0.15, 0.2) is 0 Å². The maximum atomic E-state index is 3.46. The van der Waals surface area contributed by atoms with Crippen molar-refractivity contribution in [3.63, 3.8) is 0 Å². The quantitative estimate of drug-likeness (QED) is 0.767. The van der Waals surface area contributed by atoms with E-state index in [1.165, 1.54) is 18.4 Å². The Morgan fingerprint density at radius 3 is 2.12 bits per heavy atom. The molecule has 2 atom stereocenters. The maximum absolute atomic E-state index is 3.46. The SMILES string of the molecule is CNC(CCC(C)C)C(C)c1ccccc1. The molecular weight excluding hydrogens is 194 g/mol. The highest BCUT2D eigenvalue weighted by Crippen LogP contribution is 2.22. The summed E-state index contributed by atoms with van der Waals surface area (Å²) in [5.41, 5.74) is 1.44. The van der Waals surface area contributed by atoms with E-state index in [-0.39, 0.29) is 0 Å². The molecule has 0 bridgehead atoms. The second-order valence-corrected chi connectivity index (χ2v) is 5.07. The van der Waals surface area contributed by atoms with Crippen LogP contribution in [0.25, 0.3) is 0 Å². The summed E-state index contributed by atoms with van der Waals surface area (Å²) in [6.07, 6.45) is 2.55. The van der Waals surface area contributed by atoms with Crippen LogP contribution in [0, 0.1) is 5.92 Å². The van der Waals surface area contributed by atoms with E-state index < -0.39 is 0 Å². The Morgan fingerprint density at radius 2 is 1.62 bits per heavy atom. The van der Waals surface area contributed by atoms with Crippen molar-refractivity contribution >= 4 is 0 Å². The zero-order chi connectivity index (χ0) is 12.0. The lowest BCUT2D eigenvalue weighted by Gasteiger charge is -2.24. The Morgan fingerprint density at radius 1 is 1.00 bits per heavy atom. The minimum atomic E-state index is 0.588. The van der Waals surface area contributed by atoms with Gasteiger partial charge in [-0.1, -0.05) is 51.1 Å². The van der Waals surface area contributed by atoms with Gasteiger partial charge in [0, 0.05) is 6.04 Å². The van der Waals surface area contributed by atoms with Gasteiger partial charge in [0.1, 0.15) is 0 Å². The summed E-state index contributed by atoms with van der Waals surface area (Å²) in [5.74, 6) is 1.38. The van der Waals surface area contributed by atoms with E-state index in [0.29, 0.717) is 12.0 Å². The number of hydrogen-bond acceptors (Lipinski definition) is 1. The molecule has 0 heterocycles. The molecule has 2 unspecified atom stereocenters. The van der Waals surface area contributed by atoms with Crippen molar-refractivity contribution in [3.05, 3.63) is 35.9 Å². The first-order valence-electron chi connectivity index (χ1n) is 6.37. The molecule has 0 fully saturated rings. The Labute approximate surface area is 100 Å². The van der Waals surface area contributed by atoms with E-state index in [0.717, 1.165) is 5.92 Å². The minimum Gasteiger partial charge on any atom is -0.316 e. The highest BCUT2D eigenvalue weighted by Gasteiger charge is 2.16. The number of rotatable bonds is 6. The molecule has 0 aliphatic rings. The van der Waals surface area contributed by atoms with Crippen LogP contribution in [0.2, 0.25) is 0 Å². The fourth-order valence-electron chi connectivity index (χ4n) is 2.15. The molecule has 1 heteroatoms. The first-order valence-corrected chi connectivity index (χ1v) is 6.37. The van der Waals surface area contributed by atoms with Gasteiger partial charge in [0.25, 0.3) is 0 Å². The van der Waals surface area contributed by atoms with Crippen LogP contribution < -0.4 is 5.32 Å². The van der Waals surface area contributed by atoms with Gasteiger partial charge in [-0.25, -0.2) is 0 Å². The smallest absolute Gasteiger partial charge is 0.0130 e. The topological polar surface area (TPSA) is 12.0 Å². The highest BCUT2D eigenvalue weighted by molar-refractivity contribution is 5.20. The van der Waals surface area contributed by atoms with Gasteiger partial charge in [0.05, 0.1) is 0 Å². The van der Waals surface area contributed by atoms with Crippen LogP contribution in [0.1, 0.15) is 45.1 Å². The van der Waals surface area contributed by atoms with E-state index in [1.54, 1.807) is 0 Å². The molecule has 1 aromatic rings. The standard InChI is InChI=1S/C15H25N/c1-12(2)10-11-15(16-4)13(3)14-8-6-5-7-9-14/h5-9,12-13,15-16H,10-11H2,1-4H3. The van der Waals surface area contributed by atoms with Crippen LogP contribution in [0.4, 0.5) is 0 Å². The molecule has 0 saturated carbocycles. The summed E-state index contributed by atoms with van der Waals surface area (Å²) in [5, 5.41) is 3.46. The molecule has 1 aromatic carbocycles. The number of benzene rings is 1. The molecular formula is C15H25N. The largest absolute Gasteiger partial charge is 0.316 e. The van der Waals surface area contributed by atoms with Gasteiger partial charge in [-0.05, 0) is 37.3 Å². The summed E-state index contributed by atoms with van der Waals surface area (Å²) >= 11 is 0. The fourth-order valence-corrected chi connectivity index (χ4v) is 2.15. The van der Waals surface area contributed by atoms with Crippen LogP contribution in [0.5, 0.6) is 0 Å². The number of likely N-dealkylation sites (N-methyl/N-ethyl adjacent to an activating group) is 1. The van der Waals surface area contributed by atoms with E-state index in [1.807, 2.05) is 0 Å². The Bertz CT molecular complexity index is 279. The average Bonchev–Trinajstić information content (AvgIpc) is 2.30. The number of nitrogens with one attached hydrogen (secondary N) is 1. The summed E-state index contributed by atoms with van der Waals surface area (Å²) in [6, 6.07) is 11.4. The third-order valence-electron chi connectivity index (χ3n) is 3.35. The minimum absolute atomic E-state index is 0.588. The zero-order valence-electron chi connectivity index (χ0n) is 11.0. The molecule has 0 aliphatic heterocycles. The average molecular weight is 219 g/mol. The van der Waals surface area contributed by atoms with Crippen LogP contribution in [0.15, 0.2) is 30.3 Å². The molecule has 1 rings (SSSR count). The van der Waals surface area contributed by atoms with E-state index in [2.05, 4.69) is 63.5 Å². The summed E-state index contributed by atoms with van der Waals surface area (Å²) in [4.78, 5) is 0. The van der Waals surface area contributed by atoms with E-state index >= 15 is 0 Å². The maximum Gasteiger partial charge on any atom is 0.0130 e. The van der Waals surface area contributed by atoms with Gasteiger partial charge < -0.3 is 5.32 Å². The van der Waals surface area contributed by atoms with Crippen molar-refractivity contribution < 1.29 is 0 Å². The van der Waals surface area contributed by atoms with Crippen LogP contribution in [-0.2, 0) is 0 Å². The van der Waals surface area contributed by atoms with E-state index in [9.17, 15) is 0 Å². The van der Waals surface area contributed by atoms with Gasteiger partial charge in [0.2, 0.25) is 0 Å². The van der Waals surface area contributed by atoms with E-state index in [4.69, 9.17) is 0 Å². The molecule has 90 valence electrons. The Balaban J connectivity index is 2.59. The molecule has 0 radical (unpaired) electrons. The predicted octanol–water partition coefficient (Wildman–Crippen LogP) is 3.81. The Hall–Kier alpha value is -0.820. The van der Waals surface area contributed by atoms with Crippen LogP contribution in [-0.4, -0.2) is 13.1 Å². The molecule has 1 nitrogen and oxygen atoms in total. The van der Waals surface area contributed by atoms with Crippen molar-refractivity contribution in [2.75, 3.05) is 7.05 Å². The molecule has 1 N–H and O–H groups in total. The van der Waals surface area contributed by atoms with Crippen LogP contribution >= 0.6 is 0 Å². The van der Waals surface area contributed by atoms with Crippen molar-refractivity contribution in [2.24, 2.45) is 5.92 Å². The predicted molar refractivity (Wildman–Crippen MR) is 71.8 cm³/mol. The van der Waals surface area contributed by atoms with Crippen molar-refractivity contribution in [3.8, 4) is 0 Å². The van der Waals surface area contributed by atoms with Crippen molar-refractivity contribution in [1.82, 2.24) is 5.32 Å². The fraction of sp³-hybridized carbons (Fsp3) is 0.600. The highest BCUT2D eigenvalue weighted by atomic mass is 14.9. The molecule has 16 heavy (non-hydrogen) atoms. The molecule has 0 spiro atoms. The first kappa shape index (κ1) is 13.2. The lowest BCUT2D eigenvalue weighted by Crippen LogP contribution is -2.31. The molecule has 0 aromatic heterocycles. The monoisotopic (exact) mass is 219 g/mol. The lowest BCUT2D eigenvalue weighted by molar-refractivity contribution is 0.410. The third kappa shape index (κ3) is 3.97. The van der Waals surface area contributed by atoms with Gasteiger partial charge in [-0.3, -0.25) is 0 Å². The second-order valence-electron chi connectivity index (χ2n) is 5.07. The molecule has 0 amide bonds. The van der Waals surface area contributed by atoms with Gasteiger partial charge in [-0.2, -0.15) is 0 Å². The van der Waals surface area contributed by atoms with Crippen molar-refractivity contribution in [1.29, 1.82) is 0 Å². The molecule has 0 saturated heterocycles. The number of hydrogen-bond donors (Lipinski definition) is 1. The summed E-state index contributed by atoms with van der Waals surface area (Å²) in [7, 11) is 2.07. The Kier molecular flexibility index (Phi) is 5.54. The molecule has 0 aliphatic carbocycles. The van der Waals surface area contributed by atoms with Gasteiger partial charge >= 0.3 is 0 Å². The van der Waals surface area contributed by atoms with Crippen molar-refractivity contribution in [2.45, 2.75) is 45.6 Å². The second kappa shape index (κ2) is 6.70. The zero-order valence-corrected chi connectivity index (χ0v) is 11.0. The third-order valence-corrected chi connectivity index (χ3v) is 3.35. The first-order chi connectivity index (χ1) is 7.65. The summed E-state index contributed by atoms with van der Waals surface area (Å²) < 4.78 is 0.